The highest BCUT2D eigenvalue weighted by Gasteiger charge is 2.34. The molecule has 5 rings (SSSR count). The molecule has 6 nitrogen and oxygen atoms in total. The van der Waals surface area contributed by atoms with E-state index in [1.54, 1.807) is 37.4 Å². The van der Waals surface area contributed by atoms with Gasteiger partial charge in [-0.2, -0.15) is 0 Å². The number of methoxy groups -OCH3 is 1. The van der Waals surface area contributed by atoms with Crippen molar-refractivity contribution in [2.75, 3.05) is 7.11 Å². The Hall–Kier alpha value is -4.06. The van der Waals surface area contributed by atoms with E-state index in [1.165, 1.54) is 0 Å². The molecule has 6 heteroatoms. The molecular formula is C26H20O6. The molecule has 0 bridgehead atoms. The van der Waals surface area contributed by atoms with E-state index in [9.17, 15) is 9.59 Å². The van der Waals surface area contributed by atoms with Crippen molar-refractivity contribution >= 4 is 16.9 Å². The summed E-state index contributed by atoms with van der Waals surface area (Å²) in [5, 5.41) is 0.593. The van der Waals surface area contributed by atoms with E-state index in [1.807, 2.05) is 42.5 Å². The Morgan fingerprint density at radius 3 is 2.53 bits per heavy atom. The standard InChI is InChI=1S/C26H20O6/c1-29-22-13-17(11-12-21(22)30-15-16-7-3-2-4-8-16)19-14-23(27)32-25-18-9-5-6-10-20(18)31-26(28)24(19)25/h2-13,19H,14-15H2,1H3/t19-/m1/s1. The number of rotatable bonds is 5. The molecule has 0 spiro atoms. The number of carbonyl (C=O) groups is 1. The lowest BCUT2D eigenvalue weighted by atomic mass is 9.86. The molecule has 1 atom stereocenters. The summed E-state index contributed by atoms with van der Waals surface area (Å²) in [4.78, 5) is 25.3. The van der Waals surface area contributed by atoms with Crippen LogP contribution in [0.1, 0.15) is 29.0 Å². The summed E-state index contributed by atoms with van der Waals surface area (Å²) in [5.74, 6) is 0.445. The zero-order valence-corrected chi connectivity index (χ0v) is 17.4. The van der Waals surface area contributed by atoms with Crippen LogP contribution in [0.15, 0.2) is 82.0 Å². The number of ether oxygens (including phenoxy) is 3. The van der Waals surface area contributed by atoms with Gasteiger partial charge in [-0.3, -0.25) is 4.79 Å². The van der Waals surface area contributed by atoms with Gasteiger partial charge in [0.25, 0.3) is 0 Å². The number of carbonyl (C=O) groups excluding carboxylic acids is 1. The second-order valence-corrected chi connectivity index (χ2v) is 7.54. The smallest absolute Gasteiger partial charge is 0.343 e. The van der Waals surface area contributed by atoms with Crippen LogP contribution in [0.4, 0.5) is 0 Å². The maximum atomic E-state index is 12.8. The molecule has 0 fully saturated rings. The molecule has 0 saturated heterocycles. The molecule has 0 unspecified atom stereocenters. The van der Waals surface area contributed by atoms with Crippen molar-refractivity contribution < 1.29 is 23.4 Å². The van der Waals surface area contributed by atoms with Crippen LogP contribution in [-0.4, -0.2) is 13.1 Å². The Morgan fingerprint density at radius 2 is 1.72 bits per heavy atom. The average Bonchev–Trinajstić information content (AvgIpc) is 2.82. The van der Waals surface area contributed by atoms with Gasteiger partial charge in [0.15, 0.2) is 17.2 Å². The first-order valence-corrected chi connectivity index (χ1v) is 10.2. The Kier molecular flexibility index (Phi) is 5.11. The van der Waals surface area contributed by atoms with Gasteiger partial charge < -0.3 is 18.6 Å². The van der Waals surface area contributed by atoms with Crippen molar-refractivity contribution in [3.63, 3.8) is 0 Å². The molecule has 0 N–H and O–H groups in total. The zero-order chi connectivity index (χ0) is 22.1. The zero-order valence-electron chi connectivity index (χ0n) is 17.4. The van der Waals surface area contributed by atoms with Gasteiger partial charge in [0.2, 0.25) is 0 Å². The SMILES string of the molecule is COc1cc([C@H]2CC(=O)Oc3c2c(=O)oc2ccccc32)ccc1OCc1ccccc1. The predicted molar refractivity (Wildman–Crippen MR) is 118 cm³/mol. The van der Waals surface area contributed by atoms with E-state index < -0.39 is 17.5 Å². The summed E-state index contributed by atoms with van der Waals surface area (Å²) in [5.41, 5.74) is 1.98. The summed E-state index contributed by atoms with van der Waals surface area (Å²) >= 11 is 0. The number of para-hydroxylation sites is 1. The normalized spacial score (nSPS) is 15.2. The Bertz CT molecular complexity index is 1360. The lowest BCUT2D eigenvalue weighted by molar-refractivity contribution is -0.135. The van der Waals surface area contributed by atoms with E-state index in [2.05, 4.69) is 0 Å². The molecule has 2 heterocycles. The molecule has 0 amide bonds. The van der Waals surface area contributed by atoms with Crippen LogP contribution in [-0.2, 0) is 11.4 Å². The topological polar surface area (TPSA) is 75.0 Å². The number of hydrogen-bond donors (Lipinski definition) is 0. The van der Waals surface area contributed by atoms with Crippen molar-refractivity contribution in [3.8, 4) is 17.2 Å². The molecule has 1 aliphatic rings. The fourth-order valence-corrected chi connectivity index (χ4v) is 4.01. The molecule has 1 aliphatic heterocycles. The third-order valence-electron chi connectivity index (χ3n) is 5.56. The van der Waals surface area contributed by atoms with Gasteiger partial charge in [-0.15, -0.1) is 0 Å². The van der Waals surface area contributed by atoms with E-state index in [0.29, 0.717) is 34.6 Å². The fraction of sp³-hybridized carbons (Fsp3) is 0.154. The Balaban J connectivity index is 1.53. The van der Waals surface area contributed by atoms with Gasteiger partial charge in [0.05, 0.1) is 24.5 Å². The van der Waals surface area contributed by atoms with E-state index in [-0.39, 0.29) is 12.2 Å². The van der Waals surface area contributed by atoms with Gasteiger partial charge in [-0.1, -0.05) is 48.5 Å². The van der Waals surface area contributed by atoms with Gasteiger partial charge in [-0.25, -0.2) is 4.79 Å². The van der Waals surface area contributed by atoms with Crippen molar-refractivity contribution in [2.45, 2.75) is 18.9 Å². The van der Waals surface area contributed by atoms with Crippen LogP contribution in [0.5, 0.6) is 17.2 Å². The summed E-state index contributed by atoms with van der Waals surface area (Å²) in [6.07, 6.45) is 0.0312. The van der Waals surface area contributed by atoms with Crippen molar-refractivity contribution in [1.29, 1.82) is 0 Å². The summed E-state index contributed by atoms with van der Waals surface area (Å²) < 4.78 is 22.5. The Labute approximate surface area is 184 Å². The lowest BCUT2D eigenvalue weighted by Gasteiger charge is -2.25. The minimum atomic E-state index is -0.514. The second-order valence-electron chi connectivity index (χ2n) is 7.54. The Morgan fingerprint density at radius 1 is 0.938 bits per heavy atom. The van der Waals surface area contributed by atoms with Gasteiger partial charge in [0.1, 0.15) is 12.2 Å². The fourth-order valence-electron chi connectivity index (χ4n) is 4.01. The molecule has 32 heavy (non-hydrogen) atoms. The largest absolute Gasteiger partial charge is 0.493 e. The predicted octanol–water partition coefficient (Wildman–Crippen LogP) is 4.82. The highest BCUT2D eigenvalue weighted by atomic mass is 16.5. The van der Waals surface area contributed by atoms with Crippen LogP contribution < -0.4 is 19.8 Å². The third-order valence-corrected chi connectivity index (χ3v) is 5.56. The molecule has 4 aromatic rings. The maximum absolute atomic E-state index is 12.8. The number of benzene rings is 3. The quantitative estimate of drug-likeness (QED) is 0.335. The minimum absolute atomic E-state index is 0.0312. The lowest BCUT2D eigenvalue weighted by Crippen LogP contribution is -2.26. The average molecular weight is 428 g/mol. The molecule has 0 radical (unpaired) electrons. The first kappa shape index (κ1) is 19.9. The van der Waals surface area contributed by atoms with Crippen molar-refractivity contribution in [2.24, 2.45) is 0 Å². The van der Waals surface area contributed by atoms with E-state index in [4.69, 9.17) is 18.6 Å². The van der Waals surface area contributed by atoms with Crippen molar-refractivity contribution in [3.05, 3.63) is 99.9 Å². The van der Waals surface area contributed by atoms with E-state index in [0.717, 1.165) is 11.1 Å². The summed E-state index contributed by atoms with van der Waals surface area (Å²) in [6, 6.07) is 22.3. The van der Waals surface area contributed by atoms with Gasteiger partial charge in [-0.05, 0) is 35.4 Å². The molecule has 160 valence electrons. The van der Waals surface area contributed by atoms with Crippen molar-refractivity contribution in [1.82, 2.24) is 0 Å². The van der Waals surface area contributed by atoms with Crippen LogP contribution in [0.2, 0.25) is 0 Å². The monoisotopic (exact) mass is 428 g/mol. The molecule has 3 aromatic carbocycles. The molecule has 0 aliphatic carbocycles. The van der Waals surface area contributed by atoms with Crippen LogP contribution in [0.25, 0.3) is 11.0 Å². The minimum Gasteiger partial charge on any atom is -0.493 e. The van der Waals surface area contributed by atoms with Crippen LogP contribution >= 0.6 is 0 Å². The highest BCUT2D eigenvalue weighted by Crippen LogP contribution is 2.42. The highest BCUT2D eigenvalue weighted by molar-refractivity contribution is 5.90. The first-order valence-electron chi connectivity index (χ1n) is 10.2. The molecule has 1 aromatic heterocycles. The second kappa shape index (κ2) is 8.23. The number of fused-ring (bicyclic) bond motifs is 3. The van der Waals surface area contributed by atoms with Gasteiger partial charge in [0, 0.05) is 5.92 Å². The third kappa shape index (κ3) is 3.60. The first-order chi connectivity index (χ1) is 15.6. The number of hydrogen-bond acceptors (Lipinski definition) is 6. The summed E-state index contributed by atoms with van der Waals surface area (Å²) in [7, 11) is 1.56. The van der Waals surface area contributed by atoms with Crippen LogP contribution in [0, 0.1) is 0 Å². The number of esters is 1. The maximum Gasteiger partial charge on any atom is 0.343 e. The molecular weight excluding hydrogens is 408 g/mol. The molecule has 0 saturated carbocycles. The van der Waals surface area contributed by atoms with E-state index >= 15 is 0 Å². The summed E-state index contributed by atoms with van der Waals surface area (Å²) in [6.45, 7) is 0.394. The van der Waals surface area contributed by atoms with Crippen LogP contribution in [0.3, 0.4) is 0 Å². The van der Waals surface area contributed by atoms with Gasteiger partial charge >= 0.3 is 11.6 Å².